The SMILES string of the molecule is COc1ccc2nc(N(CCCN3CCOCC3)C(=O)CCSc3ccc(Cl)cc3)sc2c1. The van der Waals surface area contributed by atoms with E-state index < -0.39 is 0 Å². The first-order valence-corrected chi connectivity index (χ1v) is 13.2. The molecule has 0 saturated carbocycles. The molecule has 4 rings (SSSR count). The summed E-state index contributed by atoms with van der Waals surface area (Å²) < 4.78 is 11.8. The zero-order valence-corrected chi connectivity index (χ0v) is 21.1. The number of fused-ring (bicyclic) bond motifs is 1. The number of carbonyl (C=O) groups is 1. The minimum absolute atomic E-state index is 0.101. The normalized spacial score (nSPS) is 14.5. The second-order valence-corrected chi connectivity index (χ2v) is 10.3. The summed E-state index contributed by atoms with van der Waals surface area (Å²) in [6, 6.07) is 13.5. The quantitative estimate of drug-likeness (QED) is 0.353. The number of hydrogen-bond donors (Lipinski definition) is 0. The lowest BCUT2D eigenvalue weighted by Crippen LogP contribution is -2.39. The number of methoxy groups -OCH3 is 1. The van der Waals surface area contributed by atoms with Gasteiger partial charge in [0, 0.05) is 48.3 Å². The van der Waals surface area contributed by atoms with Gasteiger partial charge in [0.1, 0.15) is 5.75 Å². The molecule has 2 aromatic carbocycles. The largest absolute Gasteiger partial charge is 0.497 e. The topological polar surface area (TPSA) is 54.9 Å². The number of rotatable bonds is 10. The molecular formula is C24H28ClN3O3S2. The summed E-state index contributed by atoms with van der Waals surface area (Å²) in [6.45, 7) is 5.07. The predicted molar refractivity (Wildman–Crippen MR) is 137 cm³/mol. The maximum Gasteiger partial charge on any atom is 0.229 e. The van der Waals surface area contributed by atoms with Crippen LogP contribution in [0.1, 0.15) is 12.8 Å². The molecule has 9 heteroatoms. The van der Waals surface area contributed by atoms with Crippen molar-refractivity contribution in [2.24, 2.45) is 0 Å². The number of thiazole rings is 1. The number of aromatic nitrogens is 1. The minimum atomic E-state index is 0.101. The van der Waals surface area contributed by atoms with Gasteiger partial charge in [0.05, 0.1) is 30.5 Å². The first-order chi connectivity index (χ1) is 16.1. The summed E-state index contributed by atoms with van der Waals surface area (Å²) in [7, 11) is 1.66. The summed E-state index contributed by atoms with van der Waals surface area (Å²) in [5.74, 6) is 1.60. The fourth-order valence-corrected chi connectivity index (χ4v) is 5.67. The number of carbonyl (C=O) groups excluding carboxylic acids is 1. The lowest BCUT2D eigenvalue weighted by atomic mass is 10.3. The highest BCUT2D eigenvalue weighted by Gasteiger charge is 2.20. The second-order valence-electron chi connectivity index (χ2n) is 7.74. The Bertz CT molecular complexity index is 1050. The molecular weight excluding hydrogens is 478 g/mol. The van der Waals surface area contributed by atoms with E-state index in [0.29, 0.717) is 23.7 Å². The first-order valence-electron chi connectivity index (χ1n) is 11.1. The number of benzene rings is 2. The molecule has 0 aliphatic carbocycles. The van der Waals surface area contributed by atoms with E-state index in [9.17, 15) is 4.79 Å². The van der Waals surface area contributed by atoms with Crippen molar-refractivity contribution >= 4 is 56.0 Å². The van der Waals surface area contributed by atoms with Gasteiger partial charge in [0.15, 0.2) is 5.13 Å². The van der Waals surface area contributed by atoms with Crippen molar-refractivity contribution in [2.75, 3.05) is 57.2 Å². The van der Waals surface area contributed by atoms with Crippen molar-refractivity contribution in [1.29, 1.82) is 0 Å². The standard InChI is InChI=1S/C24H28ClN3O3S2/c1-30-19-5-8-21-22(17-19)33-24(26-21)28(11-2-10-27-12-14-31-15-13-27)23(29)9-16-32-20-6-3-18(25)4-7-20/h3-8,17H,2,9-16H2,1H3. The van der Waals surface area contributed by atoms with Crippen LogP contribution < -0.4 is 9.64 Å². The molecule has 1 saturated heterocycles. The molecule has 3 aromatic rings. The molecule has 0 N–H and O–H groups in total. The number of amides is 1. The van der Waals surface area contributed by atoms with Crippen molar-refractivity contribution in [2.45, 2.75) is 17.7 Å². The van der Waals surface area contributed by atoms with Crippen LogP contribution in [0.25, 0.3) is 10.2 Å². The molecule has 0 bridgehead atoms. The number of anilines is 1. The van der Waals surface area contributed by atoms with E-state index >= 15 is 0 Å². The second kappa shape index (κ2) is 12.0. The Morgan fingerprint density at radius 3 is 2.79 bits per heavy atom. The van der Waals surface area contributed by atoms with E-state index in [1.807, 2.05) is 47.4 Å². The summed E-state index contributed by atoms with van der Waals surface area (Å²) >= 11 is 9.17. The molecule has 0 spiro atoms. The van der Waals surface area contributed by atoms with Gasteiger partial charge in [-0.2, -0.15) is 0 Å². The number of nitrogens with zero attached hydrogens (tertiary/aromatic N) is 3. The van der Waals surface area contributed by atoms with Gasteiger partial charge in [-0.15, -0.1) is 11.8 Å². The molecule has 1 aliphatic heterocycles. The van der Waals surface area contributed by atoms with Crippen molar-refractivity contribution in [1.82, 2.24) is 9.88 Å². The highest BCUT2D eigenvalue weighted by molar-refractivity contribution is 7.99. The Hall–Kier alpha value is -1.84. The summed E-state index contributed by atoms with van der Waals surface area (Å²) in [6.07, 6.45) is 1.35. The van der Waals surface area contributed by atoms with Gasteiger partial charge < -0.3 is 9.47 Å². The third-order valence-electron chi connectivity index (χ3n) is 5.47. The van der Waals surface area contributed by atoms with Gasteiger partial charge in [0.25, 0.3) is 0 Å². The number of thioether (sulfide) groups is 1. The van der Waals surface area contributed by atoms with E-state index in [1.165, 1.54) is 11.3 Å². The van der Waals surface area contributed by atoms with Gasteiger partial charge in [-0.1, -0.05) is 22.9 Å². The van der Waals surface area contributed by atoms with Crippen LogP contribution in [0.15, 0.2) is 47.4 Å². The third kappa shape index (κ3) is 6.83. The van der Waals surface area contributed by atoms with Gasteiger partial charge in [-0.05, 0) is 48.9 Å². The average Bonchev–Trinajstić information content (AvgIpc) is 3.26. The van der Waals surface area contributed by atoms with Crippen molar-refractivity contribution < 1.29 is 14.3 Å². The van der Waals surface area contributed by atoms with E-state index in [4.69, 9.17) is 26.1 Å². The van der Waals surface area contributed by atoms with Crippen LogP contribution in [0, 0.1) is 0 Å². The molecule has 0 radical (unpaired) electrons. The Labute approximate surface area is 207 Å². The molecule has 176 valence electrons. The fraction of sp³-hybridized carbons (Fsp3) is 0.417. The number of morpholine rings is 1. The Kier molecular flexibility index (Phi) is 8.86. The molecule has 1 amide bonds. The highest BCUT2D eigenvalue weighted by atomic mass is 35.5. The maximum atomic E-state index is 13.3. The lowest BCUT2D eigenvalue weighted by Gasteiger charge is -2.27. The van der Waals surface area contributed by atoms with Gasteiger partial charge in [-0.25, -0.2) is 4.98 Å². The maximum absolute atomic E-state index is 13.3. The van der Waals surface area contributed by atoms with Gasteiger partial charge in [0.2, 0.25) is 5.91 Å². The van der Waals surface area contributed by atoms with E-state index in [2.05, 4.69) is 4.90 Å². The Morgan fingerprint density at radius 1 is 1.24 bits per heavy atom. The third-order valence-corrected chi connectivity index (χ3v) is 7.78. The van der Waals surface area contributed by atoms with Crippen LogP contribution in [-0.4, -0.2) is 68.0 Å². The summed E-state index contributed by atoms with van der Waals surface area (Å²) in [5, 5.41) is 1.47. The number of hydrogen-bond acceptors (Lipinski definition) is 7. The number of ether oxygens (including phenoxy) is 2. The van der Waals surface area contributed by atoms with Crippen molar-refractivity contribution in [3.05, 3.63) is 47.5 Å². The van der Waals surface area contributed by atoms with Crippen LogP contribution in [0.4, 0.5) is 5.13 Å². The Balaban J connectivity index is 1.42. The van der Waals surface area contributed by atoms with E-state index in [0.717, 1.165) is 65.3 Å². The monoisotopic (exact) mass is 505 g/mol. The fourth-order valence-electron chi connectivity index (χ4n) is 3.66. The lowest BCUT2D eigenvalue weighted by molar-refractivity contribution is -0.118. The van der Waals surface area contributed by atoms with Gasteiger partial charge >= 0.3 is 0 Å². The first kappa shape index (κ1) is 24.3. The highest BCUT2D eigenvalue weighted by Crippen LogP contribution is 2.32. The summed E-state index contributed by atoms with van der Waals surface area (Å²) in [5.41, 5.74) is 0.886. The van der Waals surface area contributed by atoms with Crippen LogP contribution in [0.2, 0.25) is 5.02 Å². The van der Waals surface area contributed by atoms with Crippen molar-refractivity contribution in [3.63, 3.8) is 0 Å². The van der Waals surface area contributed by atoms with Crippen LogP contribution in [0.3, 0.4) is 0 Å². The molecule has 33 heavy (non-hydrogen) atoms. The molecule has 2 heterocycles. The predicted octanol–water partition coefficient (Wildman–Crippen LogP) is 5.20. The molecule has 1 aliphatic rings. The zero-order valence-electron chi connectivity index (χ0n) is 18.7. The van der Waals surface area contributed by atoms with E-state index in [1.54, 1.807) is 18.9 Å². The van der Waals surface area contributed by atoms with Crippen LogP contribution in [-0.2, 0) is 9.53 Å². The number of halogens is 1. The zero-order chi connectivity index (χ0) is 23.0. The van der Waals surface area contributed by atoms with E-state index in [-0.39, 0.29) is 5.91 Å². The van der Waals surface area contributed by atoms with Crippen LogP contribution in [0.5, 0.6) is 5.75 Å². The molecule has 6 nitrogen and oxygen atoms in total. The van der Waals surface area contributed by atoms with Gasteiger partial charge in [-0.3, -0.25) is 14.6 Å². The van der Waals surface area contributed by atoms with Crippen molar-refractivity contribution in [3.8, 4) is 5.75 Å². The molecule has 1 fully saturated rings. The smallest absolute Gasteiger partial charge is 0.229 e. The minimum Gasteiger partial charge on any atom is -0.497 e. The average molecular weight is 506 g/mol. The molecule has 0 atom stereocenters. The molecule has 0 unspecified atom stereocenters. The Morgan fingerprint density at radius 2 is 2.03 bits per heavy atom. The van der Waals surface area contributed by atoms with Crippen LogP contribution >= 0.6 is 34.7 Å². The summed E-state index contributed by atoms with van der Waals surface area (Å²) in [4.78, 5) is 23.4. The molecule has 1 aromatic heterocycles.